The SMILES string of the molecule is C=CCC(NO[C@H](CCC)c1ccccc1)c1ccccc1. The third kappa shape index (κ3) is 4.83. The second-order valence-electron chi connectivity index (χ2n) is 5.41. The Hall–Kier alpha value is -1.90. The lowest BCUT2D eigenvalue weighted by Crippen LogP contribution is -2.24. The molecule has 0 radical (unpaired) electrons. The fourth-order valence-corrected chi connectivity index (χ4v) is 2.49. The van der Waals surface area contributed by atoms with Gasteiger partial charge in [-0.1, -0.05) is 80.1 Å². The largest absolute Gasteiger partial charge is 0.293 e. The molecular formula is C20H25NO. The molecule has 1 unspecified atom stereocenters. The molecule has 0 fully saturated rings. The van der Waals surface area contributed by atoms with E-state index in [0.717, 1.165) is 19.3 Å². The molecule has 0 spiro atoms. The Morgan fingerprint density at radius 3 is 2.14 bits per heavy atom. The number of benzene rings is 2. The van der Waals surface area contributed by atoms with E-state index in [0.29, 0.717) is 0 Å². The summed E-state index contributed by atoms with van der Waals surface area (Å²) in [6.07, 6.45) is 4.90. The van der Waals surface area contributed by atoms with E-state index in [4.69, 9.17) is 4.84 Å². The van der Waals surface area contributed by atoms with Gasteiger partial charge in [0.15, 0.2) is 0 Å². The van der Waals surface area contributed by atoms with E-state index in [-0.39, 0.29) is 12.1 Å². The summed E-state index contributed by atoms with van der Waals surface area (Å²) in [5, 5.41) is 0. The van der Waals surface area contributed by atoms with Gasteiger partial charge < -0.3 is 0 Å². The molecular weight excluding hydrogens is 270 g/mol. The molecule has 2 rings (SSSR count). The van der Waals surface area contributed by atoms with Crippen molar-refractivity contribution in [1.29, 1.82) is 0 Å². The van der Waals surface area contributed by atoms with Crippen molar-refractivity contribution in [2.45, 2.75) is 38.3 Å². The smallest absolute Gasteiger partial charge is 0.104 e. The lowest BCUT2D eigenvalue weighted by atomic mass is 10.0. The van der Waals surface area contributed by atoms with Gasteiger partial charge in [0.2, 0.25) is 0 Å². The van der Waals surface area contributed by atoms with E-state index in [9.17, 15) is 0 Å². The van der Waals surface area contributed by atoms with Gasteiger partial charge in [0.25, 0.3) is 0 Å². The van der Waals surface area contributed by atoms with Crippen LogP contribution in [0.4, 0.5) is 0 Å². The van der Waals surface area contributed by atoms with Crippen LogP contribution in [0.15, 0.2) is 73.3 Å². The molecule has 2 heteroatoms. The van der Waals surface area contributed by atoms with Gasteiger partial charge in [0.05, 0.1) is 6.04 Å². The van der Waals surface area contributed by atoms with Gasteiger partial charge in [-0.15, -0.1) is 6.58 Å². The lowest BCUT2D eigenvalue weighted by molar-refractivity contribution is -0.0503. The molecule has 1 N–H and O–H groups in total. The van der Waals surface area contributed by atoms with Crippen LogP contribution in [0.2, 0.25) is 0 Å². The van der Waals surface area contributed by atoms with Gasteiger partial charge in [0.1, 0.15) is 6.10 Å². The monoisotopic (exact) mass is 295 g/mol. The molecule has 0 saturated heterocycles. The van der Waals surface area contributed by atoms with Gasteiger partial charge in [0, 0.05) is 0 Å². The average molecular weight is 295 g/mol. The Morgan fingerprint density at radius 1 is 1.00 bits per heavy atom. The number of hydrogen-bond donors (Lipinski definition) is 1. The van der Waals surface area contributed by atoms with Crippen molar-refractivity contribution in [2.24, 2.45) is 0 Å². The highest BCUT2D eigenvalue weighted by Gasteiger charge is 2.15. The average Bonchev–Trinajstić information content (AvgIpc) is 2.59. The minimum absolute atomic E-state index is 0.0715. The zero-order valence-corrected chi connectivity index (χ0v) is 13.2. The van der Waals surface area contributed by atoms with Crippen LogP contribution in [-0.4, -0.2) is 0 Å². The van der Waals surface area contributed by atoms with E-state index >= 15 is 0 Å². The maximum atomic E-state index is 6.04. The van der Waals surface area contributed by atoms with Gasteiger partial charge in [-0.05, 0) is 24.0 Å². The maximum Gasteiger partial charge on any atom is 0.104 e. The highest BCUT2D eigenvalue weighted by molar-refractivity contribution is 5.20. The van der Waals surface area contributed by atoms with E-state index in [2.05, 4.69) is 55.4 Å². The topological polar surface area (TPSA) is 21.3 Å². The summed E-state index contributed by atoms with van der Waals surface area (Å²) < 4.78 is 0. The summed E-state index contributed by atoms with van der Waals surface area (Å²) in [4.78, 5) is 6.04. The van der Waals surface area contributed by atoms with Crippen LogP contribution >= 0.6 is 0 Å². The molecule has 22 heavy (non-hydrogen) atoms. The van der Waals surface area contributed by atoms with Crippen LogP contribution in [-0.2, 0) is 4.84 Å². The quantitative estimate of drug-likeness (QED) is 0.496. The molecule has 2 aromatic carbocycles. The third-order valence-corrected chi connectivity index (χ3v) is 3.68. The molecule has 116 valence electrons. The predicted molar refractivity (Wildman–Crippen MR) is 92.3 cm³/mol. The van der Waals surface area contributed by atoms with Crippen LogP contribution in [0.5, 0.6) is 0 Å². The summed E-state index contributed by atoms with van der Waals surface area (Å²) in [6.45, 7) is 6.03. The van der Waals surface area contributed by atoms with E-state index in [1.165, 1.54) is 11.1 Å². The van der Waals surface area contributed by atoms with Crippen LogP contribution in [0.1, 0.15) is 49.5 Å². The molecule has 0 amide bonds. The summed E-state index contributed by atoms with van der Waals surface area (Å²) in [5.41, 5.74) is 5.67. The van der Waals surface area contributed by atoms with E-state index in [1.54, 1.807) is 0 Å². The lowest BCUT2D eigenvalue weighted by Gasteiger charge is -2.23. The van der Waals surface area contributed by atoms with Crippen molar-refractivity contribution < 1.29 is 4.84 Å². The fraction of sp³-hybridized carbons (Fsp3) is 0.300. The van der Waals surface area contributed by atoms with Gasteiger partial charge in [-0.3, -0.25) is 4.84 Å². The first-order valence-electron chi connectivity index (χ1n) is 7.97. The highest BCUT2D eigenvalue weighted by Crippen LogP contribution is 2.24. The summed E-state index contributed by atoms with van der Waals surface area (Å²) in [7, 11) is 0. The van der Waals surface area contributed by atoms with Crippen molar-refractivity contribution in [3.8, 4) is 0 Å². The van der Waals surface area contributed by atoms with Crippen molar-refractivity contribution in [3.05, 3.63) is 84.4 Å². The van der Waals surface area contributed by atoms with E-state index in [1.807, 2.05) is 30.3 Å². The number of hydroxylamine groups is 1. The Bertz CT molecular complexity index is 538. The van der Waals surface area contributed by atoms with E-state index < -0.39 is 0 Å². The first-order valence-corrected chi connectivity index (χ1v) is 7.97. The second kappa shape index (κ2) is 9.19. The first-order chi connectivity index (χ1) is 10.8. The molecule has 0 aromatic heterocycles. The molecule has 2 nitrogen and oxygen atoms in total. The molecule has 0 aliphatic heterocycles. The third-order valence-electron chi connectivity index (χ3n) is 3.68. The van der Waals surface area contributed by atoms with Crippen LogP contribution in [0.25, 0.3) is 0 Å². The zero-order valence-electron chi connectivity index (χ0n) is 13.2. The number of rotatable bonds is 9. The summed E-state index contributed by atoms with van der Waals surface area (Å²) in [5.74, 6) is 0. The molecule has 0 bridgehead atoms. The van der Waals surface area contributed by atoms with Gasteiger partial charge >= 0.3 is 0 Å². The van der Waals surface area contributed by atoms with Crippen LogP contribution < -0.4 is 5.48 Å². The van der Waals surface area contributed by atoms with Crippen molar-refractivity contribution in [1.82, 2.24) is 5.48 Å². The van der Waals surface area contributed by atoms with Crippen LogP contribution in [0, 0.1) is 0 Å². The normalized spacial score (nSPS) is 13.5. The van der Waals surface area contributed by atoms with Crippen molar-refractivity contribution in [3.63, 3.8) is 0 Å². The van der Waals surface area contributed by atoms with Gasteiger partial charge in [-0.25, -0.2) is 0 Å². The summed E-state index contributed by atoms with van der Waals surface area (Å²) in [6, 6.07) is 20.9. The Kier molecular flexibility index (Phi) is 6.88. The molecule has 0 aliphatic carbocycles. The predicted octanol–water partition coefficient (Wildman–Crippen LogP) is 5.37. The molecule has 0 heterocycles. The van der Waals surface area contributed by atoms with Crippen molar-refractivity contribution >= 4 is 0 Å². The maximum absolute atomic E-state index is 6.04. The number of nitrogens with one attached hydrogen (secondary N) is 1. The van der Waals surface area contributed by atoms with Crippen LogP contribution in [0.3, 0.4) is 0 Å². The Morgan fingerprint density at radius 2 is 1.59 bits per heavy atom. The molecule has 2 atom stereocenters. The van der Waals surface area contributed by atoms with Gasteiger partial charge in [-0.2, -0.15) is 5.48 Å². The van der Waals surface area contributed by atoms with Crippen molar-refractivity contribution in [2.75, 3.05) is 0 Å². The minimum atomic E-state index is 0.0715. The molecule has 0 aliphatic rings. The standard InChI is InChI=1S/C20H25NO/c1-3-11-19(17-13-7-5-8-14-17)21-22-20(12-4-2)18-15-9-6-10-16-18/h3,5-10,13-16,19-21H,1,4,11-12H2,2H3/t19?,20-/m1/s1. The first kappa shape index (κ1) is 16.5. The minimum Gasteiger partial charge on any atom is -0.293 e. The fourth-order valence-electron chi connectivity index (χ4n) is 2.49. The zero-order chi connectivity index (χ0) is 15.6. The molecule has 0 saturated carbocycles. The second-order valence-corrected chi connectivity index (χ2v) is 5.41. The summed E-state index contributed by atoms with van der Waals surface area (Å²) >= 11 is 0. The molecule has 2 aromatic rings. The Labute approximate surface area is 133 Å². The number of hydrogen-bond acceptors (Lipinski definition) is 2. The highest BCUT2D eigenvalue weighted by atomic mass is 16.7. The Balaban J connectivity index is 2.04.